The van der Waals surface area contributed by atoms with Crippen molar-refractivity contribution in [3.05, 3.63) is 77.6 Å². The zero-order valence-corrected chi connectivity index (χ0v) is 16.4. The monoisotopic (exact) mass is 377 g/mol. The molecule has 1 aromatic carbocycles. The zero-order chi connectivity index (χ0) is 19.1. The van der Waals surface area contributed by atoms with E-state index in [-0.39, 0.29) is 5.54 Å². The Kier molecular flexibility index (Phi) is 4.58. The van der Waals surface area contributed by atoms with Gasteiger partial charge in [-0.3, -0.25) is 9.88 Å². The summed E-state index contributed by atoms with van der Waals surface area (Å²) >= 11 is 6.18. The molecule has 4 heteroatoms. The lowest BCUT2D eigenvalue weighted by Gasteiger charge is -2.51. The fourth-order valence-electron chi connectivity index (χ4n) is 5.22. The minimum absolute atomic E-state index is 0.235. The molecular formula is C23H24ClN3. The Bertz CT molecular complexity index is 874. The molecule has 0 spiro atoms. The minimum Gasteiger partial charge on any atom is -0.284 e. The molecule has 0 N–H and O–H groups in total. The topological polar surface area (TPSA) is 39.9 Å². The van der Waals surface area contributed by atoms with Crippen LogP contribution in [0.2, 0.25) is 5.02 Å². The third-order valence-corrected chi connectivity index (χ3v) is 6.76. The second kappa shape index (κ2) is 6.78. The van der Waals surface area contributed by atoms with E-state index in [4.69, 9.17) is 11.6 Å². The molecular weight excluding hydrogens is 354 g/mol. The first-order valence-electron chi connectivity index (χ1n) is 9.52. The van der Waals surface area contributed by atoms with Gasteiger partial charge in [0.2, 0.25) is 0 Å². The van der Waals surface area contributed by atoms with Crippen LogP contribution in [0.4, 0.5) is 0 Å². The van der Waals surface area contributed by atoms with Gasteiger partial charge in [-0.1, -0.05) is 48.0 Å². The molecule has 3 nitrogen and oxygen atoms in total. The van der Waals surface area contributed by atoms with Crippen LogP contribution in [-0.4, -0.2) is 22.0 Å². The number of piperidine rings is 1. The zero-order valence-electron chi connectivity index (χ0n) is 15.6. The minimum atomic E-state index is -0.515. The number of aromatic nitrogens is 1. The summed E-state index contributed by atoms with van der Waals surface area (Å²) in [5.41, 5.74) is 1.46. The summed E-state index contributed by atoms with van der Waals surface area (Å²) in [6.45, 7) is 6.42. The fraction of sp³-hybridized carbons (Fsp3) is 0.391. The van der Waals surface area contributed by atoms with Gasteiger partial charge in [0.15, 0.2) is 0 Å². The van der Waals surface area contributed by atoms with Gasteiger partial charge in [0.05, 0.1) is 22.0 Å². The van der Waals surface area contributed by atoms with Crippen LogP contribution in [0, 0.1) is 11.3 Å². The van der Waals surface area contributed by atoms with Gasteiger partial charge in [-0.25, -0.2) is 0 Å². The van der Waals surface area contributed by atoms with Gasteiger partial charge in [-0.05, 0) is 49.8 Å². The first-order chi connectivity index (χ1) is 13.0. The van der Waals surface area contributed by atoms with Gasteiger partial charge < -0.3 is 0 Å². The number of pyridine rings is 1. The Morgan fingerprint density at radius 2 is 1.93 bits per heavy atom. The van der Waals surface area contributed by atoms with Crippen LogP contribution in [-0.2, 0) is 11.0 Å². The number of hydrogen-bond donors (Lipinski definition) is 0. The molecule has 2 saturated heterocycles. The first-order valence-corrected chi connectivity index (χ1v) is 9.90. The van der Waals surface area contributed by atoms with E-state index in [1.54, 1.807) is 6.20 Å². The molecule has 0 radical (unpaired) electrons. The summed E-state index contributed by atoms with van der Waals surface area (Å²) in [6.07, 6.45) is 9.33. The van der Waals surface area contributed by atoms with Crippen LogP contribution in [0.5, 0.6) is 0 Å². The normalized spacial score (nSPS) is 29.7. The van der Waals surface area contributed by atoms with E-state index in [1.165, 1.54) is 5.56 Å². The standard InChI is InChI=1S/C23H24ClN3/c1-3-22(2,17-7-5-4-6-8-17)27-20-9-10-21(27)13-23(12-20,16-25)18-11-19(24)15-26-14-18/h3-8,11,14-15,20-21H,1,9-10,12-13H2,2H3. The molecule has 138 valence electrons. The fourth-order valence-corrected chi connectivity index (χ4v) is 5.40. The molecule has 0 amide bonds. The molecule has 2 bridgehead atoms. The summed E-state index contributed by atoms with van der Waals surface area (Å²) < 4.78 is 0. The maximum absolute atomic E-state index is 10.2. The average Bonchev–Trinajstić information content (AvgIpc) is 2.99. The van der Waals surface area contributed by atoms with Gasteiger partial charge in [-0.15, -0.1) is 6.58 Å². The second-order valence-corrected chi connectivity index (χ2v) is 8.44. The summed E-state index contributed by atoms with van der Waals surface area (Å²) in [5.74, 6) is 0. The molecule has 2 aliphatic rings. The molecule has 3 atom stereocenters. The van der Waals surface area contributed by atoms with E-state index in [2.05, 4.69) is 59.8 Å². The quantitative estimate of drug-likeness (QED) is 0.685. The Balaban J connectivity index is 1.72. The van der Waals surface area contributed by atoms with E-state index < -0.39 is 5.41 Å². The predicted molar refractivity (Wildman–Crippen MR) is 108 cm³/mol. The smallest absolute Gasteiger partial charge is 0.0867 e. The van der Waals surface area contributed by atoms with Crippen LogP contribution in [0.15, 0.2) is 61.4 Å². The third-order valence-electron chi connectivity index (χ3n) is 6.55. The SMILES string of the molecule is C=CC(C)(c1ccccc1)N1C2CCC1CC(C#N)(c1cncc(Cl)c1)C2. The van der Waals surface area contributed by atoms with Gasteiger partial charge in [-0.2, -0.15) is 5.26 Å². The predicted octanol–water partition coefficient (Wildman–Crippen LogP) is 5.22. The highest BCUT2D eigenvalue weighted by Crippen LogP contribution is 2.51. The number of hydrogen-bond acceptors (Lipinski definition) is 3. The molecule has 2 aromatic rings. The van der Waals surface area contributed by atoms with Crippen molar-refractivity contribution < 1.29 is 0 Å². The number of fused-ring (bicyclic) bond motifs is 2. The maximum atomic E-state index is 10.2. The number of nitrogens with zero attached hydrogens (tertiary/aromatic N) is 3. The van der Waals surface area contributed by atoms with Crippen molar-refractivity contribution in [3.63, 3.8) is 0 Å². The van der Waals surface area contributed by atoms with E-state index in [0.29, 0.717) is 17.1 Å². The van der Waals surface area contributed by atoms with Crippen molar-refractivity contribution in [3.8, 4) is 6.07 Å². The van der Waals surface area contributed by atoms with Crippen molar-refractivity contribution >= 4 is 11.6 Å². The Morgan fingerprint density at radius 1 is 1.26 bits per heavy atom. The average molecular weight is 378 g/mol. The molecule has 3 unspecified atom stereocenters. The molecule has 2 fully saturated rings. The molecule has 27 heavy (non-hydrogen) atoms. The summed E-state index contributed by atoms with van der Waals surface area (Å²) in [4.78, 5) is 6.84. The van der Waals surface area contributed by atoms with Crippen molar-refractivity contribution in [1.29, 1.82) is 5.26 Å². The Labute approximate surface area is 166 Å². The Hall–Kier alpha value is -2.15. The Morgan fingerprint density at radius 3 is 2.48 bits per heavy atom. The lowest BCUT2D eigenvalue weighted by molar-refractivity contribution is 0.0266. The van der Waals surface area contributed by atoms with Crippen LogP contribution < -0.4 is 0 Å². The number of nitriles is 1. The molecule has 2 aliphatic heterocycles. The van der Waals surface area contributed by atoms with Gasteiger partial charge in [0, 0.05) is 24.5 Å². The third kappa shape index (κ3) is 2.88. The number of rotatable bonds is 4. The first kappa shape index (κ1) is 18.2. The van der Waals surface area contributed by atoms with Crippen molar-refractivity contribution in [2.24, 2.45) is 0 Å². The molecule has 1 aromatic heterocycles. The van der Waals surface area contributed by atoms with Gasteiger partial charge in [0.25, 0.3) is 0 Å². The molecule has 3 heterocycles. The van der Waals surface area contributed by atoms with Crippen molar-refractivity contribution in [1.82, 2.24) is 9.88 Å². The molecule has 4 rings (SSSR count). The second-order valence-electron chi connectivity index (χ2n) is 8.00. The number of halogens is 1. The van der Waals surface area contributed by atoms with E-state index in [9.17, 15) is 5.26 Å². The largest absolute Gasteiger partial charge is 0.284 e. The molecule has 0 saturated carbocycles. The van der Waals surface area contributed by atoms with Gasteiger partial charge in [0.1, 0.15) is 0 Å². The maximum Gasteiger partial charge on any atom is 0.0867 e. The van der Waals surface area contributed by atoms with Crippen LogP contribution in [0.1, 0.15) is 43.7 Å². The summed E-state index contributed by atoms with van der Waals surface area (Å²) in [7, 11) is 0. The molecule has 0 aliphatic carbocycles. The highest BCUT2D eigenvalue weighted by atomic mass is 35.5. The number of benzene rings is 1. The lowest BCUT2D eigenvalue weighted by atomic mass is 9.70. The lowest BCUT2D eigenvalue weighted by Crippen LogP contribution is -2.56. The van der Waals surface area contributed by atoms with E-state index >= 15 is 0 Å². The van der Waals surface area contributed by atoms with Crippen molar-refractivity contribution in [2.45, 2.75) is 55.6 Å². The summed E-state index contributed by atoms with van der Waals surface area (Å²) in [5, 5.41) is 10.7. The van der Waals surface area contributed by atoms with E-state index in [1.807, 2.05) is 18.3 Å². The highest BCUT2D eigenvalue weighted by Gasteiger charge is 2.54. The van der Waals surface area contributed by atoms with Crippen LogP contribution >= 0.6 is 11.6 Å². The summed E-state index contributed by atoms with van der Waals surface area (Å²) in [6, 6.07) is 15.8. The van der Waals surface area contributed by atoms with Gasteiger partial charge >= 0.3 is 0 Å². The van der Waals surface area contributed by atoms with Crippen molar-refractivity contribution in [2.75, 3.05) is 0 Å². The van der Waals surface area contributed by atoms with Crippen LogP contribution in [0.3, 0.4) is 0 Å². The highest BCUT2D eigenvalue weighted by molar-refractivity contribution is 6.30. The van der Waals surface area contributed by atoms with E-state index in [0.717, 1.165) is 31.2 Å². The van der Waals surface area contributed by atoms with Crippen LogP contribution in [0.25, 0.3) is 0 Å².